The molecule has 0 aliphatic rings. The van der Waals surface area contributed by atoms with Crippen LogP contribution in [0, 0.1) is 5.92 Å². The summed E-state index contributed by atoms with van der Waals surface area (Å²) in [6, 6.07) is 3.52. The molecule has 0 radical (unpaired) electrons. The van der Waals surface area contributed by atoms with Crippen LogP contribution in [0.2, 0.25) is 0 Å². The summed E-state index contributed by atoms with van der Waals surface area (Å²) in [5, 5.41) is 6.08. The lowest BCUT2D eigenvalue weighted by molar-refractivity contribution is 0.0867. The first-order valence-corrected chi connectivity index (χ1v) is 6.58. The molecule has 1 aromatic rings. The van der Waals surface area contributed by atoms with Gasteiger partial charge in [-0.2, -0.15) is 0 Å². The molecule has 1 heterocycles. The van der Waals surface area contributed by atoms with Gasteiger partial charge >= 0.3 is 0 Å². The highest BCUT2D eigenvalue weighted by atomic mass is 16.5. The van der Waals surface area contributed by atoms with Crippen molar-refractivity contribution < 1.29 is 9.53 Å². The van der Waals surface area contributed by atoms with E-state index in [-0.39, 0.29) is 11.9 Å². The fourth-order valence-electron chi connectivity index (χ4n) is 1.72. The number of nitrogens with zero attached hydrogens (tertiary/aromatic N) is 1. The van der Waals surface area contributed by atoms with Gasteiger partial charge in [-0.1, -0.05) is 13.8 Å². The first-order chi connectivity index (χ1) is 9.10. The van der Waals surface area contributed by atoms with Gasteiger partial charge in [0.1, 0.15) is 5.82 Å². The third-order valence-corrected chi connectivity index (χ3v) is 2.86. The number of rotatable bonds is 7. The lowest BCUT2D eigenvalue weighted by Crippen LogP contribution is -2.41. The van der Waals surface area contributed by atoms with Gasteiger partial charge in [-0.25, -0.2) is 4.98 Å². The number of aromatic nitrogens is 1. The standard InChI is InChI=1S/C14H23N3O2/c1-5-15-13-11(7-6-8-16-13)14(18)17-12(9-19-4)10(2)3/h6-8,10,12H,5,9H2,1-4H3,(H,15,16)(H,17,18). The molecule has 0 aliphatic carbocycles. The van der Waals surface area contributed by atoms with Crippen molar-refractivity contribution in [1.29, 1.82) is 0 Å². The fraction of sp³-hybridized carbons (Fsp3) is 0.571. The second-order valence-corrected chi connectivity index (χ2v) is 4.71. The van der Waals surface area contributed by atoms with Crippen LogP contribution >= 0.6 is 0 Å². The number of hydrogen-bond acceptors (Lipinski definition) is 4. The minimum atomic E-state index is -0.125. The van der Waals surface area contributed by atoms with E-state index in [1.165, 1.54) is 0 Å². The van der Waals surface area contributed by atoms with E-state index < -0.39 is 0 Å². The molecule has 1 aromatic heterocycles. The summed E-state index contributed by atoms with van der Waals surface area (Å²) in [5.41, 5.74) is 0.561. The van der Waals surface area contributed by atoms with Gasteiger partial charge in [0.05, 0.1) is 18.2 Å². The summed E-state index contributed by atoms with van der Waals surface area (Å²) in [5.74, 6) is 0.797. The minimum Gasteiger partial charge on any atom is -0.383 e. The van der Waals surface area contributed by atoms with Crippen LogP contribution in [-0.2, 0) is 4.74 Å². The van der Waals surface area contributed by atoms with Crippen LogP contribution in [-0.4, -0.2) is 37.2 Å². The number of amides is 1. The number of ether oxygens (including phenoxy) is 1. The second kappa shape index (κ2) is 7.74. The molecule has 0 spiro atoms. The van der Waals surface area contributed by atoms with Crippen LogP contribution in [0.1, 0.15) is 31.1 Å². The number of pyridine rings is 1. The fourth-order valence-corrected chi connectivity index (χ4v) is 1.72. The maximum absolute atomic E-state index is 12.3. The molecule has 5 heteroatoms. The first-order valence-electron chi connectivity index (χ1n) is 6.58. The van der Waals surface area contributed by atoms with E-state index in [1.807, 2.05) is 6.92 Å². The first kappa shape index (κ1) is 15.4. The largest absolute Gasteiger partial charge is 0.383 e. The number of anilines is 1. The summed E-state index contributed by atoms with van der Waals surface area (Å²) in [6.45, 7) is 7.30. The van der Waals surface area contributed by atoms with Gasteiger partial charge in [0.15, 0.2) is 0 Å². The van der Waals surface area contributed by atoms with E-state index in [9.17, 15) is 4.79 Å². The third kappa shape index (κ3) is 4.52. The molecule has 1 atom stereocenters. The summed E-state index contributed by atoms with van der Waals surface area (Å²) in [4.78, 5) is 16.5. The highest BCUT2D eigenvalue weighted by Crippen LogP contribution is 2.12. The van der Waals surface area contributed by atoms with Crippen molar-refractivity contribution >= 4 is 11.7 Å². The number of nitrogens with one attached hydrogen (secondary N) is 2. The lowest BCUT2D eigenvalue weighted by atomic mass is 10.0. The van der Waals surface area contributed by atoms with Crippen LogP contribution in [0.5, 0.6) is 0 Å². The van der Waals surface area contributed by atoms with Gasteiger partial charge in [-0.05, 0) is 25.0 Å². The molecule has 2 N–H and O–H groups in total. The molecule has 0 aromatic carbocycles. The molecule has 0 saturated heterocycles. The zero-order valence-corrected chi connectivity index (χ0v) is 12.1. The van der Waals surface area contributed by atoms with Crippen molar-refractivity contribution in [2.75, 3.05) is 25.6 Å². The SMILES string of the molecule is CCNc1ncccc1C(=O)NC(COC)C(C)C. The molecule has 1 rings (SSSR count). The summed E-state index contributed by atoms with van der Waals surface area (Å²) >= 11 is 0. The molecule has 106 valence electrons. The van der Waals surface area contributed by atoms with Gasteiger partial charge in [0.25, 0.3) is 5.91 Å². The third-order valence-electron chi connectivity index (χ3n) is 2.86. The lowest BCUT2D eigenvalue weighted by Gasteiger charge is -2.22. The highest BCUT2D eigenvalue weighted by molar-refractivity contribution is 5.98. The molecule has 1 amide bonds. The highest BCUT2D eigenvalue weighted by Gasteiger charge is 2.19. The van der Waals surface area contributed by atoms with Gasteiger partial charge in [0.2, 0.25) is 0 Å². The number of carbonyl (C=O) groups is 1. The Hall–Kier alpha value is -1.62. The molecule has 5 nitrogen and oxygen atoms in total. The topological polar surface area (TPSA) is 63.2 Å². The normalized spacial score (nSPS) is 12.3. The van der Waals surface area contributed by atoms with Crippen molar-refractivity contribution in [3.8, 4) is 0 Å². The van der Waals surface area contributed by atoms with Crippen LogP contribution in [0.25, 0.3) is 0 Å². The molecule has 0 bridgehead atoms. The van der Waals surface area contributed by atoms with Crippen LogP contribution in [0.15, 0.2) is 18.3 Å². The van der Waals surface area contributed by atoms with E-state index in [1.54, 1.807) is 25.4 Å². The molecular weight excluding hydrogens is 242 g/mol. The molecule has 19 heavy (non-hydrogen) atoms. The number of carbonyl (C=O) groups excluding carboxylic acids is 1. The molecular formula is C14H23N3O2. The predicted octanol–water partition coefficient (Wildman–Crippen LogP) is 1.91. The van der Waals surface area contributed by atoms with Gasteiger partial charge in [0, 0.05) is 19.9 Å². The maximum Gasteiger partial charge on any atom is 0.255 e. The predicted molar refractivity (Wildman–Crippen MR) is 76.4 cm³/mol. The monoisotopic (exact) mass is 265 g/mol. The Balaban J connectivity index is 2.81. The van der Waals surface area contributed by atoms with E-state index in [0.29, 0.717) is 23.9 Å². The van der Waals surface area contributed by atoms with Crippen molar-refractivity contribution in [2.45, 2.75) is 26.8 Å². The molecule has 0 saturated carbocycles. The zero-order chi connectivity index (χ0) is 14.3. The Kier molecular flexibility index (Phi) is 6.29. The second-order valence-electron chi connectivity index (χ2n) is 4.71. The summed E-state index contributed by atoms with van der Waals surface area (Å²) in [6.07, 6.45) is 1.67. The molecule has 0 aliphatic heterocycles. The Morgan fingerprint density at radius 1 is 1.47 bits per heavy atom. The smallest absolute Gasteiger partial charge is 0.255 e. The number of methoxy groups -OCH3 is 1. The maximum atomic E-state index is 12.3. The minimum absolute atomic E-state index is 0.00724. The molecule has 1 unspecified atom stereocenters. The van der Waals surface area contributed by atoms with Crippen molar-refractivity contribution in [1.82, 2.24) is 10.3 Å². The van der Waals surface area contributed by atoms with E-state index in [4.69, 9.17) is 4.74 Å². The van der Waals surface area contributed by atoms with E-state index in [0.717, 1.165) is 6.54 Å². The van der Waals surface area contributed by atoms with Gasteiger partial charge in [-0.3, -0.25) is 4.79 Å². The average molecular weight is 265 g/mol. The molecule has 0 fully saturated rings. The van der Waals surface area contributed by atoms with Gasteiger partial charge in [-0.15, -0.1) is 0 Å². The van der Waals surface area contributed by atoms with Crippen molar-refractivity contribution in [3.05, 3.63) is 23.9 Å². The summed E-state index contributed by atoms with van der Waals surface area (Å²) < 4.78 is 5.13. The van der Waals surface area contributed by atoms with Crippen LogP contribution in [0.3, 0.4) is 0 Å². The van der Waals surface area contributed by atoms with Crippen LogP contribution < -0.4 is 10.6 Å². The number of hydrogen-bond donors (Lipinski definition) is 2. The Morgan fingerprint density at radius 3 is 2.79 bits per heavy atom. The summed E-state index contributed by atoms with van der Waals surface area (Å²) in [7, 11) is 1.63. The van der Waals surface area contributed by atoms with E-state index in [2.05, 4.69) is 29.5 Å². The Morgan fingerprint density at radius 2 is 2.21 bits per heavy atom. The van der Waals surface area contributed by atoms with Gasteiger partial charge < -0.3 is 15.4 Å². The van der Waals surface area contributed by atoms with E-state index >= 15 is 0 Å². The Bertz CT molecular complexity index is 407. The van der Waals surface area contributed by atoms with Crippen molar-refractivity contribution in [3.63, 3.8) is 0 Å². The zero-order valence-electron chi connectivity index (χ0n) is 12.1. The van der Waals surface area contributed by atoms with Crippen LogP contribution in [0.4, 0.5) is 5.82 Å². The Labute approximate surface area is 114 Å². The van der Waals surface area contributed by atoms with Crippen molar-refractivity contribution in [2.24, 2.45) is 5.92 Å². The quantitative estimate of drug-likeness (QED) is 0.790. The average Bonchev–Trinajstić information content (AvgIpc) is 2.39.